The summed E-state index contributed by atoms with van der Waals surface area (Å²) in [5.41, 5.74) is 0.639. The van der Waals surface area contributed by atoms with Gasteiger partial charge in [-0.3, -0.25) is 0 Å². The first-order valence-electron chi connectivity index (χ1n) is 6.60. The highest BCUT2D eigenvalue weighted by molar-refractivity contribution is 9.10. The number of nitrogens with zero attached hydrogens (tertiary/aromatic N) is 1. The van der Waals surface area contributed by atoms with E-state index in [-0.39, 0.29) is 11.6 Å². The lowest BCUT2D eigenvalue weighted by molar-refractivity contribution is 0.0974. The summed E-state index contributed by atoms with van der Waals surface area (Å²) < 4.78 is 12.0. The van der Waals surface area contributed by atoms with E-state index in [1.165, 1.54) is 0 Å². The summed E-state index contributed by atoms with van der Waals surface area (Å²) in [6, 6.07) is 1.81. The van der Waals surface area contributed by atoms with Crippen LogP contribution in [0.2, 0.25) is 18.1 Å². The van der Waals surface area contributed by atoms with Crippen molar-refractivity contribution >= 4 is 24.2 Å². The van der Waals surface area contributed by atoms with E-state index in [9.17, 15) is 5.11 Å². The number of halogens is 1. The second kappa shape index (κ2) is 6.55. The Morgan fingerprint density at radius 1 is 1.40 bits per heavy atom. The number of hydrogen-bond acceptors (Lipinski definition) is 4. The normalized spacial score (nSPS) is 14.2. The molecule has 6 heteroatoms. The van der Waals surface area contributed by atoms with Crippen LogP contribution in [-0.4, -0.2) is 32.1 Å². The van der Waals surface area contributed by atoms with Gasteiger partial charge in [-0.25, -0.2) is 4.98 Å². The van der Waals surface area contributed by atoms with Gasteiger partial charge in [0.05, 0.1) is 13.7 Å². The molecule has 114 valence electrons. The third-order valence-electron chi connectivity index (χ3n) is 3.81. The van der Waals surface area contributed by atoms with E-state index in [1.54, 1.807) is 13.3 Å². The number of aliphatic hydroxyl groups is 1. The van der Waals surface area contributed by atoms with Gasteiger partial charge in [0.2, 0.25) is 5.88 Å². The molecule has 0 aliphatic carbocycles. The smallest absolute Gasteiger partial charge is 0.219 e. The number of ether oxygens (including phenoxy) is 1. The highest BCUT2D eigenvalue weighted by atomic mass is 79.9. The lowest BCUT2D eigenvalue weighted by atomic mass is 10.1. The topological polar surface area (TPSA) is 51.6 Å². The van der Waals surface area contributed by atoms with E-state index < -0.39 is 14.4 Å². The Kier molecular flexibility index (Phi) is 5.77. The standard InChI is InChI=1S/C14H24BrNO3Si/c1-14(2,3)20(5,6)19-9-12(17)11-7-10(15)8-16-13(11)18-4/h7-8,12,17H,9H2,1-6H3. The van der Waals surface area contributed by atoms with E-state index in [4.69, 9.17) is 9.16 Å². The Bertz CT molecular complexity index is 460. The van der Waals surface area contributed by atoms with Crippen LogP contribution >= 0.6 is 15.9 Å². The summed E-state index contributed by atoms with van der Waals surface area (Å²) in [6.45, 7) is 11.1. The molecule has 0 aliphatic heterocycles. The summed E-state index contributed by atoms with van der Waals surface area (Å²) in [5, 5.41) is 10.5. The van der Waals surface area contributed by atoms with Gasteiger partial charge < -0.3 is 14.3 Å². The zero-order valence-electron chi connectivity index (χ0n) is 13.0. The lowest BCUT2D eigenvalue weighted by Crippen LogP contribution is -2.41. The molecule has 20 heavy (non-hydrogen) atoms. The van der Waals surface area contributed by atoms with Gasteiger partial charge in [0.25, 0.3) is 0 Å². The SMILES string of the molecule is COc1ncc(Br)cc1C(O)CO[Si](C)(C)C(C)(C)C. The fourth-order valence-corrected chi connectivity index (χ4v) is 2.80. The Morgan fingerprint density at radius 2 is 2.00 bits per heavy atom. The van der Waals surface area contributed by atoms with Gasteiger partial charge in [-0.2, -0.15) is 0 Å². The summed E-state index contributed by atoms with van der Waals surface area (Å²) in [7, 11) is -0.332. The molecule has 0 fully saturated rings. The van der Waals surface area contributed by atoms with Gasteiger partial charge in [0.15, 0.2) is 8.32 Å². The lowest BCUT2D eigenvalue weighted by Gasteiger charge is -2.36. The molecule has 1 atom stereocenters. The second-order valence-electron chi connectivity index (χ2n) is 6.34. The minimum atomic E-state index is -1.87. The summed E-state index contributed by atoms with van der Waals surface area (Å²) >= 11 is 3.35. The van der Waals surface area contributed by atoms with Crippen LogP contribution < -0.4 is 4.74 Å². The zero-order chi connectivity index (χ0) is 15.6. The van der Waals surface area contributed by atoms with Gasteiger partial charge in [0.1, 0.15) is 6.10 Å². The third-order valence-corrected chi connectivity index (χ3v) is 8.74. The maximum atomic E-state index is 10.3. The van der Waals surface area contributed by atoms with E-state index in [2.05, 4.69) is 54.8 Å². The minimum Gasteiger partial charge on any atom is -0.481 e. The number of aromatic nitrogens is 1. The van der Waals surface area contributed by atoms with Crippen LogP contribution in [0.15, 0.2) is 16.7 Å². The molecule has 4 nitrogen and oxygen atoms in total. The summed E-state index contributed by atoms with van der Waals surface area (Å²) in [4.78, 5) is 4.14. The highest BCUT2D eigenvalue weighted by Gasteiger charge is 2.37. The summed E-state index contributed by atoms with van der Waals surface area (Å²) in [6.07, 6.45) is 0.896. The van der Waals surface area contributed by atoms with E-state index in [0.29, 0.717) is 11.4 Å². The van der Waals surface area contributed by atoms with Crippen molar-refractivity contribution in [2.45, 2.75) is 45.0 Å². The van der Waals surface area contributed by atoms with Gasteiger partial charge in [-0.15, -0.1) is 0 Å². The maximum absolute atomic E-state index is 10.3. The summed E-state index contributed by atoms with van der Waals surface area (Å²) in [5.74, 6) is 0.430. The van der Waals surface area contributed by atoms with Crippen LogP contribution in [0.4, 0.5) is 0 Å². The highest BCUT2D eigenvalue weighted by Crippen LogP contribution is 2.37. The molecular weight excluding hydrogens is 338 g/mol. The van der Waals surface area contributed by atoms with Crippen molar-refractivity contribution in [2.75, 3.05) is 13.7 Å². The molecule has 0 spiro atoms. The van der Waals surface area contributed by atoms with Gasteiger partial charge in [-0.1, -0.05) is 20.8 Å². The maximum Gasteiger partial charge on any atom is 0.219 e. The first-order chi connectivity index (χ1) is 9.08. The second-order valence-corrected chi connectivity index (χ2v) is 12.1. The molecule has 0 bridgehead atoms. The first kappa shape index (κ1) is 17.6. The molecule has 1 rings (SSSR count). The minimum absolute atomic E-state index is 0.117. The molecule has 0 aromatic carbocycles. The van der Waals surface area contributed by atoms with Crippen molar-refractivity contribution in [1.82, 2.24) is 4.98 Å². The largest absolute Gasteiger partial charge is 0.481 e. The van der Waals surface area contributed by atoms with E-state index in [0.717, 1.165) is 4.47 Å². The van der Waals surface area contributed by atoms with E-state index >= 15 is 0 Å². The number of methoxy groups -OCH3 is 1. The Labute approximate surface area is 130 Å². The molecule has 0 saturated carbocycles. The van der Waals surface area contributed by atoms with Crippen molar-refractivity contribution in [3.8, 4) is 5.88 Å². The molecule has 1 unspecified atom stereocenters. The number of hydrogen-bond donors (Lipinski definition) is 1. The molecule has 1 heterocycles. The van der Waals surface area contributed by atoms with Gasteiger partial charge >= 0.3 is 0 Å². The van der Waals surface area contributed by atoms with Crippen LogP contribution in [0.5, 0.6) is 5.88 Å². The number of aliphatic hydroxyl groups excluding tert-OH is 1. The van der Waals surface area contributed by atoms with Crippen LogP contribution in [0.25, 0.3) is 0 Å². The monoisotopic (exact) mass is 361 g/mol. The molecule has 0 aliphatic rings. The van der Waals surface area contributed by atoms with Crippen molar-refractivity contribution in [3.05, 3.63) is 22.3 Å². The van der Waals surface area contributed by atoms with Crippen LogP contribution in [0.3, 0.4) is 0 Å². The molecule has 1 aromatic heterocycles. The quantitative estimate of drug-likeness (QED) is 0.807. The predicted octanol–water partition coefficient (Wildman–Crippen LogP) is 3.91. The van der Waals surface area contributed by atoms with Crippen LogP contribution in [0.1, 0.15) is 32.4 Å². The third kappa shape index (κ3) is 4.28. The Hall–Kier alpha value is -0.433. The molecule has 0 radical (unpaired) electrons. The van der Waals surface area contributed by atoms with Gasteiger partial charge in [-0.05, 0) is 40.1 Å². The molecule has 0 amide bonds. The number of pyridine rings is 1. The average molecular weight is 362 g/mol. The predicted molar refractivity (Wildman–Crippen MR) is 86.6 cm³/mol. The molecular formula is C14H24BrNO3Si. The average Bonchev–Trinajstić information content (AvgIpc) is 2.34. The van der Waals surface area contributed by atoms with Gasteiger partial charge in [0, 0.05) is 16.2 Å². The van der Waals surface area contributed by atoms with Crippen molar-refractivity contribution < 1.29 is 14.3 Å². The fraction of sp³-hybridized carbons (Fsp3) is 0.643. The van der Waals surface area contributed by atoms with Crippen molar-refractivity contribution in [2.24, 2.45) is 0 Å². The first-order valence-corrected chi connectivity index (χ1v) is 10.3. The molecule has 1 N–H and O–H groups in total. The van der Waals surface area contributed by atoms with Crippen molar-refractivity contribution in [3.63, 3.8) is 0 Å². The van der Waals surface area contributed by atoms with Crippen LogP contribution in [0, 0.1) is 0 Å². The van der Waals surface area contributed by atoms with Crippen molar-refractivity contribution in [1.29, 1.82) is 0 Å². The zero-order valence-corrected chi connectivity index (χ0v) is 15.6. The van der Waals surface area contributed by atoms with E-state index in [1.807, 2.05) is 6.07 Å². The Morgan fingerprint density at radius 3 is 2.50 bits per heavy atom. The fourth-order valence-electron chi connectivity index (χ4n) is 1.45. The molecule has 0 saturated heterocycles. The number of rotatable bonds is 5. The molecule has 1 aromatic rings. The Balaban J connectivity index is 2.82. The van der Waals surface area contributed by atoms with Crippen LogP contribution in [-0.2, 0) is 4.43 Å².